The van der Waals surface area contributed by atoms with E-state index in [1.165, 1.54) is 13.0 Å². The molecule has 0 saturated heterocycles. The highest BCUT2D eigenvalue weighted by Gasteiger charge is 2.30. The van der Waals surface area contributed by atoms with E-state index in [2.05, 4.69) is 15.4 Å². The van der Waals surface area contributed by atoms with Crippen LogP contribution in [0.3, 0.4) is 0 Å². The van der Waals surface area contributed by atoms with Crippen LogP contribution in [0.15, 0.2) is 24.3 Å². The standard InChI is InChI=1S/C15H17F3N2O3/c1-9(23-8-15(16,17)18)13(21)19-11-3-2-4-12(7-11)20-14(22)10-5-6-10/h2-4,7,9-10H,5-6,8H2,1H3,(H,19,21)(H,20,22)/t9-/m1/s1. The maximum absolute atomic E-state index is 12.1. The highest BCUT2D eigenvalue weighted by Crippen LogP contribution is 2.30. The molecule has 1 saturated carbocycles. The van der Waals surface area contributed by atoms with Gasteiger partial charge in [0.1, 0.15) is 12.7 Å². The minimum absolute atomic E-state index is 0.0454. The largest absolute Gasteiger partial charge is 0.411 e. The van der Waals surface area contributed by atoms with E-state index < -0.39 is 24.8 Å². The fraction of sp³-hybridized carbons (Fsp3) is 0.467. The summed E-state index contributed by atoms with van der Waals surface area (Å²) in [6.45, 7) is -0.251. The molecular formula is C15H17F3N2O3. The lowest BCUT2D eigenvalue weighted by Gasteiger charge is -2.15. The summed E-state index contributed by atoms with van der Waals surface area (Å²) < 4.78 is 40.6. The van der Waals surface area contributed by atoms with Gasteiger partial charge in [0.15, 0.2) is 0 Å². The molecule has 0 heterocycles. The molecule has 0 radical (unpaired) electrons. The van der Waals surface area contributed by atoms with E-state index in [1.54, 1.807) is 18.2 Å². The zero-order valence-corrected chi connectivity index (χ0v) is 12.4. The SMILES string of the molecule is C[C@@H](OCC(F)(F)F)C(=O)Nc1cccc(NC(=O)C2CC2)c1. The molecule has 8 heteroatoms. The molecule has 0 aromatic heterocycles. The van der Waals surface area contributed by atoms with E-state index in [4.69, 9.17) is 0 Å². The maximum atomic E-state index is 12.1. The summed E-state index contributed by atoms with van der Waals surface area (Å²) in [5, 5.41) is 5.18. The second-order valence-electron chi connectivity index (χ2n) is 5.40. The monoisotopic (exact) mass is 330 g/mol. The van der Waals surface area contributed by atoms with Crippen molar-refractivity contribution in [1.29, 1.82) is 0 Å². The second-order valence-corrected chi connectivity index (χ2v) is 5.40. The molecule has 0 bridgehead atoms. The zero-order valence-electron chi connectivity index (χ0n) is 12.4. The number of halogens is 3. The summed E-state index contributed by atoms with van der Waals surface area (Å²) in [4.78, 5) is 23.5. The molecule has 0 spiro atoms. The fourth-order valence-corrected chi connectivity index (χ4v) is 1.80. The number of carbonyl (C=O) groups excluding carboxylic acids is 2. The van der Waals surface area contributed by atoms with Crippen molar-refractivity contribution in [3.05, 3.63) is 24.3 Å². The molecule has 1 aliphatic carbocycles. The van der Waals surface area contributed by atoms with Crippen molar-refractivity contribution in [2.24, 2.45) is 5.92 Å². The molecule has 1 atom stereocenters. The third kappa shape index (κ3) is 5.90. The number of anilines is 2. The van der Waals surface area contributed by atoms with Crippen LogP contribution in [-0.2, 0) is 14.3 Å². The Bertz CT molecular complexity index is 586. The van der Waals surface area contributed by atoms with Crippen molar-refractivity contribution < 1.29 is 27.5 Å². The summed E-state index contributed by atoms with van der Waals surface area (Å²) in [5.74, 6) is -0.723. The Labute approximate surface area is 131 Å². The van der Waals surface area contributed by atoms with Crippen LogP contribution in [0.2, 0.25) is 0 Å². The van der Waals surface area contributed by atoms with Gasteiger partial charge in [-0.1, -0.05) is 6.07 Å². The highest BCUT2D eigenvalue weighted by molar-refractivity contribution is 5.96. The summed E-state index contributed by atoms with van der Waals surface area (Å²) >= 11 is 0. The number of hydrogen-bond acceptors (Lipinski definition) is 3. The van der Waals surface area contributed by atoms with E-state index >= 15 is 0 Å². The minimum atomic E-state index is -4.48. The van der Waals surface area contributed by atoms with Gasteiger partial charge in [-0.15, -0.1) is 0 Å². The van der Waals surface area contributed by atoms with Crippen LogP contribution in [0, 0.1) is 5.92 Å². The molecule has 1 aliphatic rings. The van der Waals surface area contributed by atoms with Crippen LogP contribution in [0.25, 0.3) is 0 Å². The summed E-state index contributed by atoms with van der Waals surface area (Å²) in [5.41, 5.74) is 0.884. The molecular weight excluding hydrogens is 313 g/mol. The van der Waals surface area contributed by atoms with E-state index in [0.717, 1.165) is 12.8 Å². The van der Waals surface area contributed by atoms with Gasteiger partial charge < -0.3 is 15.4 Å². The van der Waals surface area contributed by atoms with Crippen molar-refractivity contribution in [2.45, 2.75) is 32.0 Å². The van der Waals surface area contributed by atoms with Gasteiger partial charge in [-0.2, -0.15) is 13.2 Å². The molecule has 1 aromatic rings. The summed E-state index contributed by atoms with van der Waals surface area (Å²) in [6.07, 6.45) is -3.99. The second kappa shape index (κ2) is 6.99. The van der Waals surface area contributed by atoms with Crippen LogP contribution in [0.1, 0.15) is 19.8 Å². The van der Waals surface area contributed by atoms with Gasteiger partial charge in [0.2, 0.25) is 5.91 Å². The fourth-order valence-electron chi connectivity index (χ4n) is 1.80. The van der Waals surface area contributed by atoms with Crippen LogP contribution in [0.5, 0.6) is 0 Å². The normalized spacial score (nSPS) is 15.8. The molecule has 2 rings (SSSR count). The Hall–Kier alpha value is -2.09. The molecule has 1 aromatic carbocycles. The molecule has 2 N–H and O–H groups in total. The number of alkyl halides is 3. The van der Waals surface area contributed by atoms with Gasteiger partial charge >= 0.3 is 6.18 Å². The molecule has 2 amide bonds. The van der Waals surface area contributed by atoms with E-state index in [-0.39, 0.29) is 11.8 Å². The van der Waals surface area contributed by atoms with Crippen molar-refractivity contribution in [3.63, 3.8) is 0 Å². The molecule has 0 unspecified atom stereocenters. The van der Waals surface area contributed by atoms with Gasteiger partial charge in [0.25, 0.3) is 5.91 Å². The number of carbonyl (C=O) groups is 2. The average Bonchev–Trinajstić information content (AvgIpc) is 3.28. The molecule has 1 fully saturated rings. The van der Waals surface area contributed by atoms with E-state index in [1.807, 2.05) is 0 Å². The number of benzene rings is 1. The van der Waals surface area contributed by atoms with Crippen molar-refractivity contribution in [2.75, 3.05) is 17.2 Å². The number of rotatable bonds is 6. The van der Waals surface area contributed by atoms with Crippen LogP contribution < -0.4 is 10.6 Å². The van der Waals surface area contributed by atoms with Crippen molar-refractivity contribution >= 4 is 23.2 Å². The number of nitrogens with one attached hydrogen (secondary N) is 2. The first-order chi connectivity index (χ1) is 10.7. The van der Waals surface area contributed by atoms with E-state index in [0.29, 0.717) is 11.4 Å². The topological polar surface area (TPSA) is 67.4 Å². The van der Waals surface area contributed by atoms with Gasteiger partial charge in [-0.25, -0.2) is 0 Å². The number of hydrogen-bond donors (Lipinski definition) is 2. The molecule has 5 nitrogen and oxygen atoms in total. The zero-order chi connectivity index (χ0) is 17.0. The van der Waals surface area contributed by atoms with Gasteiger partial charge in [0.05, 0.1) is 0 Å². The first kappa shape index (κ1) is 17.3. The Morgan fingerprint density at radius 1 is 1.26 bits per heavy atom. The lowest BCUT2D eigenvalue weighted by molar-refractivity contribution is -0.184. The van der Waals surface area contributed by atoms with E-state index in [9.17, 15) is 22.8 Å². The first-order valence-electron chi connectivity index (χ1n) is 7.15. The van der Waals surface area contributed by atoms with Gasteiger partial charge in [-0.3, -0.25) is 9.59 Å². The third-order valence-electron chi connectivity index (χ3n) is 3.21. The summed E-state index contributed by atoms with van der Waals surface area (Å²) in [7, 11) is 0. The van der Waals surface area contributed by atoms with Crippen molar-refractivity contribution in [3.8, 4) is 0 Å². The minimum Gasteiger partial charge on any atom is -0.359 e. The Morgan fingerprint density at radius 2 is 1.87 bits per heavy atom. The molecule has 0 aliphatic heterocycles. The Balaban J connectivity index is 1.88. The first-order valence-corrected chi connectivity index (χ1v) is 7.15. The number of ether oxygens (including phenoxy) is 1. The lowest BCUT2D eigenvalue weighted by Crippen LogP contribution is -2.31. The predicted octanol–water partition coefficient (Wildman–Crippen LogP) is 2.94. The number of amides is 2. The predicted molar refractivity (Wildman–Crippen MR) is 77.9 cm³/mol. The van der Waals surface area contributed by atoms with Crippen LogP contribution >= 0.6 is 0 Å². The van der Waals surface area contributed by atoms with Crippen LogP contribution in [0.4, 0.5) is 24.5 Å². The molecule has 126 valence electrons. The van der Waals surface area contributed by atoms with Crippen molar-refractivity contribution in [1.82, 2.24) is 0 Å². The smallest absolute Gasteiger partial charge is 0.359 e. The Morgan fingerprint density at radius 3 is 2.43 bits per heavy atom. The lowest BCUT2D eigenvalue weighted by atomic mass is 10.2. The average molecular weight is 330 g/mol. The third-order valence-corrected chi connectivity index (χ3v) is 3.21. The van der Waals surface area contributed by atoms with Crippen LogP contribution in [-0.4, -0.2) is 30.7 Å². The van der Waals surface area contributed by atoms with Gasteiger partial charge in [0, 0.05) is 17.3 Å². The van der Waals surface area contributed by atoms with Gasteiger partial charge in [-0.05, 0) is 38.0 Å². The Kier molecular flexibility index (Phi) is 5.25. The highest BCUT2D eigenvalue weighted by atomic mass is 19.4. The quantitative estimate of drug-likeness (QED) is 0.843. The maximum Gasteiger partial charge on any atom is 0.411 e. The summed E-state index contributed by atoms with van der Waals surface area (Å²) in [6, 6.07) is 6.40. The molecule has 23 heavy (non-hydrogen) atoms.